The van der Waals surface area contributed by atoms with Crippen molar-refractivity contribution in [1.29, 1.82) is 0 Å². The minimum Gasteiger partial charge on any atom is -0.374 e. The first kappa shape index (κ1) is 15.5. The molecule has 20 heavy (non-hydrogen) atoms. The van der Waals surface area contributed by atoms with Gasteiger partial charge >= 0.3 is 0 Å². The van der Waals surface area contributed by atoms with Gasteiger partial charge in [-0.05, 0) is 19.8 Å². The predicted molar refractivity (Wildman–Crippen MR) is 82.1 cm³/mol. The van der Waals surface area contributed by atoms with Crippen molar-refractivity contribution >= 4 is 17.4 Å². The highest BCUT2D eigenvalue weighted by Gasteiger charge is 2.12. The summed E-state index contributed by atoms with van der Waals surface area (Å²) in [7, 11) is 0. The van der Waals surface area contributed by atoms with Gasteiger partial charge in [0.25, 0.3) is 0 Å². The maximum atomic E-state index is 6.06. The summed E-state index contributed by atoms with van der Waals surface area (Å²) in [4.78, 5) is 8.67. The lowest BCUT2D eigenvalue weighted by molar-refractivity contribution is 0.128. The molecule has 0 unspecified atom stereocenters. The third kappa shape index (κ3) is 5.25. The van der Waals surface area contributed by atoms with Crippen LogP contribution in [0.4, 0.5) is 5.82 Å². The van der Waals surface area contributed by atoms with Crippen molar-refractivity contribution in [2.24, 2.45) is 0 Å². The molecule has 0 atom stereocenters. The van der Waals surface area contributed by atoms with Crippen molar-refractivity contribution in [3.8, 4) is 0 Å². The van der Waals surface area contributed by atoms with Gasteiger partial charge in [0.15, 0.2) is 5.82 Å². The van der Waals surface area contributed by atoms with Gasteiger partial charge in [0.2, 0.25) is 0 Å². The molecule has 1 saturated carbocycles. The fourth-order valence-electron chi connectivity index (χ4n) is 2.61. The monoisotopic (exact) mass is 297 g/mol. The van der Waals surface area contributed by atoms with E-state index in [1.807, 2.05) is 6.92 Å². The van der Waals surface area contributed by atoms with Gasteiger partial charge in [-0.25, -0.2) is 9.97 Å². The summed E-state index contributed by atoms with van der Waals surface area (Å²) in [6.07, 6.45) is 9.08. The fraction of sp³-hybridized carbons (Fsp3) is 0.733. The zero-order valence-electron chi connectivity index (χ0n) is 12.2. The first-order valence-corrected chi connectivity index (χ1v) is 8.03. The molecule has 1 fully saturated rings. The highest BCUT2D eigenvalue weighted by molar-refractivity contribution is 6.29. The number of hydrogen-bond donors (Lipinski definition) is 1. The highest BCUT2D eigenvalue weighted by Crippen LogP contribution is 2.21. The molecule has 0 spiro atoms. The molecule has 5 heteroatoms. The topological polar surface area (TPSA) is 47.0 Å². The van der Waals surface area contributed by atoms with E-state index in [1.165, 1.54) is 44.9 Å². The Labute approximate surface area is 126 Å². The molecule has 0 aliphatic heterocycles. The highest BCUT2D eigenvalue weighted by atomic mass is 35.5. The standard InChI is InChI=1S/C15H24ClN3O/c1-2-20-11-15-18-13(16)10-14(19-15)17-12-8-6-4-3-5-7-9-12/h10,12H,2-9,11H2,1H3,(H,17,18,19). The summed E-state index contributed by atoms with van der Waals surface area (Å²) in [6.45, 7) is 3.02. The Bertz CT molecular complexity index is 406. The van der Waals surface area contributed by atoms with Gasteiger partial charge in [0.1, 0.15) is 17.6 Å². The molecule has 1 aliphatic rings. The maximum absolute atomic E-state index is 6.06. The van der Waals surface area contributed by atoms with Crippen molar-refractivity contribution in [2.45, 2.75) is 64.5 Å². The van der Waals surface area contributed by atoms with Crippen molar-refractivity contribution in [1.82, 2.24) is 9.97 Å². The maximum Gasteiger partial charge on any atom is 0.158 e. The Morgan fingerprint density at radius 2 is 1.90 bits per heavy atom. The third-order valence-electron chi connectivity index (χ3n) is 3.63. The van der Waals surface area contributed by atoms with E-state index in [2.05, 4.69) is 15.3 Å². The summed E-state index contributed by atoms with van der Waals surface area (Å²) >= 11 is 6.06. The molecule has 1 aromatic rings. The van der Waals surface area contributed by atoms with E-state index in [-0.39, 0.29) is 0 Å². The van der Waals surface area contributed by atoms with Crippen molar-refractivity contribution < 1.29 is 4.74 Å². The van der Waals surface area contributed by atoms with Crippen LogP contribution in [0.15, 0.2) is 6.07 Å². The van der Waals surface area contributed by atoms with Crippen molar-refractivity contribution in [2.75, 3.05) is 11.9 Å². The second kappa shape index (κ2) is 8.42. The van der Waals surface area contributed by atoms with Crippen LogP contribution in [0.1, 0.15) is 57.7 Å². The first-order valence-electron chi connectivity index (χ1n) is 7.65. The van der Waals surface area contributed by atoms with Crippen LogP contribution >= 0.6 is 11.6 Å². The molecule has 0 amide bonds. The van der Waals surface area contributed by atoms with E-state index >= 15 is 0 Å². The lowest BCUT2D eigenvalue weighted by Gasteiger charge is -2.21. The van der Waals surface area contributed by atoms with Gasteiger partial charge < -0.3 is 10.1 Å². The zero-order valence-corrected chi connectivity index (χ0v) is 13.0. The molecule has 1 N–H and O–H groups in total. The van der Waals surface area contributed by atoms with E-state index in [1.54, 1.807) is 6.07 Å². The molecule has 1 aliphatic carbocycles. The van der Waals surface area contributed by atoms with Gasteiger partial charge in [-0.3, -0.25) is 0 Å². The number of aromatic nitrogens is 2. The number of nitrogens with one attached hydrogen (secondary N) is 1. The molecule has 1 aromatic heterocycles. The van der Waals surface area contributed by atoms with Crippen LogP contribution in [0.5, 0.6) is 0 Å². The molecular formula is C15H24ClN3O. The van der Waals surface area contributed by atoms with Gasteiger partial charge in [-0.1, -0.05) is 43.7 Å². The fourth-order valence-corrected chi connectivity index (χ4v) is 2.81. The number of halogens is 1. The molecule has 0 saturated heterocycles. The first-order chi connectivity index (χ1) is 9.78. The largest absolute Gasteiger partial charge is 0.374 e. The number of anilines is 1. The molecule has 0 aromatic carbocycles. The molecule has 1 heterocycles. The Morgan fingerprint density at radius 1 is 1.20 bits per heavy atom. The van der Waals surface area contributed by atoms with E-state index in [0.29, 0.717) is 30.2 Å². The second-order valence-corrected chi connectivity index (χ2v) is 5.70. The average molecular weight is 298 g/mol. The summed E-state index contributed by atoms with van der Waals surface area (Å²) in [6, 6.07) is 2.30. The molecule has 0 bridgehead atoms. The molecule has 112 valence electrons. The van der Waals surface area contributed by atoms with Crippen LogP contribution in [0.2, 0.25) is 5.15 Å². The van der Waals surface area contributed by atoms with E-state index in [4.69, 9.17) is 16.3 Å². The van der Waals surface area contributed by atoms with E-state index in [0.717, 1.165) is 5.82 Å². The van der Waals surface area contributed by atoms with Crippen LogP contribution in [-0.2, 0) is 11.3 Å². The Kier molecular flexibility index (Phi) is 6.54. The number of hydrogen-bond acceptors (Lipinski definition) is 4. The van der Waals surface area contributed by atoms with Gasteiger partial charge in [0.05, 0.1) is 0 Å². The van der Waals surface area contributed by atoms with Gasteiger partial charge in [-0.2, -0.15) is 0 Å². The van der Waals surface area contributed by atoms with E-state index < -0.39 is 0 Å². The molecular weight excluding hydrogens is 274 g/mol. The second-order valence-electron chi connectivity index (χ2n) is 5.32. The lowest BCUT2D eigenvalue weighted by atomic mass is 9.97. The summed E-state index contributed by atoms with van der Waals surface area (Å²) in [5.41, 5.74) is 0. The number of rotatable bonds is 5. The lowest BCUT2D eigenvalue weighted by Crippen LogP contribution is -2.21. The van der Waals surface area contributed by atoms with Crippen molar-refractivity contribution in [3.63, 3.8) is 0 Å². The van der Waals surface area contributed by atoms with E-state index in [9.17, 15) is 0 Å². The Morgan fingerprint density at radius 3 is 2.60 bits per heavy atom. The summed E-state index contributed by atoms with van der Waals surface area (Å²) < 4.78 is 5.34. The smallest absolute Gasteiger partial charge is 0.158 e. The van der Waals surface area contributed by atoms with Crippen LogP contribution in [0.3, 0.4) is 0 Å². The quantitative estimate of drug-likeness (QED) is 0.828. The van der Waals surface area contributed by atoms with Gasteiger partial charge in [0, 0.05) is 18.7 Å². The average Bonchev–Trinajstić information content (AvgIpc) is 2.39. The van der Waals surface area contributed by atoms with Gasteiger partial charge in [-0.15, -0.1) is 0 Å². The minimum atomic E-state index is 0.413. The van der Waals surface area contributed by atoms with Crippen LogP contribution in [-0.4, -0.2) is 22.6 Å². The molecule has 4 nitrogen and oxygen atoms in total. The number of nitrogens with zero attached hydrogens (tertiary/aromatic N) is 2. The Balaban J connectivity index is 1.97. The third-order valence-corrected chi connectivity index (χ3v) is 3.83. The SMILES string of the molecule is CCOCc1nc(Cl)cc(NC2CCCCCCC2)n1. The summed E-state index contributed by atoms with van der Waals surface area (Å²) in [5, 5.41) is 3.99. The predicted octanol–water partition coefficient (Wildman–Crippen LogP) is 4.19. The van der Waals surface area contributed by atoms with Crippen LogP contribution < -0.4 is 5.32 Å². The van der Waals surface area contributed by atoms with Crippen molar-refractivity contribution in [3.05, 3.63) is 17.0 Å². The van der Waals surface area contributed by atoms with Crippen LogP contribution in [0.25, 0.3) is 0 Å². The minimum absolute atomic E-state index is 0.413. The molecule has 0 radical (unpaired) electrons. The number of ether oxygens (including phenoxy) is 1. The van der Waals surface area contributed by atoms with Crippen LogP contribution in [0, 0.1) is 0 Å². The summed E-state index contributed by atoms with van der Waals surface area (Å²) in [5.74, 6) is 1.47. The Hall–Kier alpha value is -0.870. The zero-order chi connectivity index (χ0) is 14.2. The normalized spacial score (nSPS) is 17.5. The molecule has 2 rings (SSSR count).